The summed E-state index contributed by atoms with van der Waals surface area (Å²) < 4.78 is 0. The Morgan fingerprint density at radius 1 is 1.19 bits per heavy atom. The Hall–Kier alpha value is -0.820. The molecule has 2 heteroatoms. The first-order chi connectivity index (χ1) is 7.51. The molecule has 0 N–H and O–H groups in total. The molecule has 86 valence electrons. The number of carbonyl (C=O) groups excluding carboxylic acids is 1. The van der Waals surface area contributed by atoms with Crippen molar-refractivity contribution in [1.82, 2.24) is 0 Å². The fourth-order valence-electron chi connectivity index (χ4n) is 2.24. The van der Waals surface area contributed by atoms with Gasteiger partial charge in [0.05, 0.1) is 5.41 Å². The first kappa shape index (κ1) is 11.7. The van der Waals surface area contributed by atoms with Gasteiger partial charge in [-0.3, -0.25) is 4.79 Å². The minimum Gasteiger partial charge on any atom is -0.280 e. The molecular formula is C14H17ClO. The normalized spacial score (nSPS) is 15.7. The lowest BCUT2D eigenvalue weighted by Gasteiger charge is -2.23. The van der Waals surface area contributed by atoms with E-state index >= 15 is 0 Å². The number of hydrogen-bond acceptors (Lipinski definition) is 1. The fourth-order valence-corrected chi connectivity index (χ4v) is 2.34. The van der Waals surface area contributed by atoms with Gasteiger partial charge in [-0.2, -0.15) is 0 Å². The van der Waals surface area contributed by atoms with Crippen LogP contribution in [-0.4, -0.2) is 5.24 Å². The second-order valence-electron chi connectivity index (χ2n) is 5.09. The van der Waals surface area contributed by atoms with E-state index in [1.54, 1.807) is 0 Å². The van der Waals surface area contributed by atoms with Crippen molar-refractivity contribution in [1.29, 1.82) is 0 Å². The number of aryl methyl sites for hydroxylation is 2. The average Bonchev–Trinajstić information content (AvgIpc) is 2.28. The highest BCUT2D eigenvalue weighted by atomic mass is 35.5. The smallest absolute Gasteiger partial charge is 0.231 e. The van der Waals surface area contributed by atoms with Gasteiger partial charge in [0.1, 0.15) is 0 Å². The van der Waals surface area contributed by atoms with Crippen molar-refractivity contribution in [3.63, 3.8) is 0 Å². The summed E-state index contributed by atoms with van der Waals surface area (Å²) in [5.41, 5.74) is 3.30. The van der Waals surface area contributed by atoms with Gasteiger partial charge in [-0.15, -0.1) is 0 Å². The Kier molecular flexibility index (Phi) is 3.07. The standard InChI is InChI=1S/C14H17ClO/c1-14(2,13(15)16)12-8-7-10-5-3-4-6-11(10)9-12/h7-9H,3-6H2,1-2H3. The molecule has 0 heterocycles. The summed E-state index contributed by atoms with van der Waals surface area (Å²) in [7, 11) is 0. The van der Waals surface area contributed by atoms with E-state index in [1.165, 1.54) is 30.4 Å². The summed E-state index contributed by atoms with van der Waals surface area (Å²) in [5.74, 6) is 0. The van der Waals surface area contributed by atoms with E-state index in [4.69, 9.17) is 11.6 Å². The molecule has 0 radical (unpaired) electrons. The van der Waals surface area contributed by atoms with Crippen molar-refractivity contribution in [2.24, 2.45) is 0 Å². The van der Waals surface area contributed by atoms with Crippen molar-refractivity contribution >= 4 is 16.8 Å². The number of carbonyl (C=O) groups is 1. The third kappa shape index (κ3) is 2.01. The Morgan fingerprint density at radius 3 is 2.44 bits per heavy atom. The Bertz CT molecular complexity index is 421. The molecule has 0 amide bonds. The lowest BCUT2D eigenvalue weighted by atomic mass is 9.82. The predicted octanol–water partition coefficient (Wildman–Crippen LogP) is 3.61. The number of benzene rings is 1. The summed E-state index contributed by atoms with van der Waals surface area (Å²) in [6.45, 7) is 3.76. The van der Waals surface area contributed by atoms with Crippen LogP contribution in [-0.2, 0) is 23.1 Å². The molecule has 0 spiro atoms. The number of halogens is 1. The van der Waals surface area contributed by atoms with Gasteiger partial charge in [-0.1, -0.05) is 18.2 Å². The molecule has 0 aromatic heterocycles. The van der Waals surface area contributed by atoms with E-state index in [1.807, 2.05) is 19.9 Å². The number of fused-ring (bicyclic) bond motifs is 1. The lowest BCUT2D eigenvalue weighted by molar-refractivity contribution is -0.115. The van der Waals surface area contributed by atoms with Crippen LogP contribution in [0, 0.1) is 0 Å². The first-order valence-corrected chi connectivity index (χ1v) is 6.22. The van der Waals surface area contributed by atoms with Gasteiger partial charge in [0.15, 0.2) is 0 Å². The maximum absolute atomic E-state index is 11.4. The zero-order chi connectivity index (χ0) is 11.8. The molecule has 1 aromatic rings. The van der Waals surface area contributed by atoms with Crippen molar-refractivity contribution < 1.29 is 4.79 Å². The van der Waals surface area contributed by atoms with Crippen LogP contribution >= 0.6 is 11.6 Å². The molecule has 0 saturated carbocycles. The van der Waals surface area contributed by atoms with E-state index in [9.17, 15) is 4.79 Å². The Morgan fingerprint density at radius 2 is 1.81 bits per heavy atom. The molecular weight excluding hydrogens is 220 g/mol. The summed E-state index contributed by atoms with van der Waals surface area (Å²) >= 11 is 5.65. The Balaban J connectivity index is 2.40. The molecule has 0 unspecified atom stereocenters. The quantitative estimate of drug-likeness (QED) is 0.717. The SMILES string of the molecule is CC(C)(C(=O)Cl)c1ccc2c(c1)CCCC2. The largest absolute Gasteiger partial charge is 0.280 e. The fraction of sp³-hybridized carbons (Fsp3) is 0.500. The minimum atomic E-state index is -0.575. The zero-order valence-electron chi connectivity index (χ0n) is 9.85. The summed E-state index contributed by atoms with van der Waals surface area (Å²) in [6, 6.07) is 6.37. The molecule has 0 bridgehead atoms. The van der Waals surface area contributed by atoms with Gasteiger partial charge >= 0.3 is 0 Å². The molecule has 1 nitrogen and oxygen atoms in total. The van der Waals surface area contributed by atoms with Crippen LogP contribution in [0.15, 0.2) is 18.2 Å². The molecule has 16 heavy (non-hydrogen) atoms. The van der Waals surface area contributed by atoms with Gasteiger partial charge in [0.25, 0.3) is 0 Å². The second-order valence-corrected chi connectivity index (χ2v) is 5.43. The van der Waals surface area contributed by atoms with Crippen molar-refractivity contribution in [3.05, 3.63) is 34.9 Å². The molecule has 0 atom stereocenters. The van der Waals surface area contributed by atoms with E-state index in [0.717, 1.165) is 12.0 Å². The molecule has 0 aliphatic heterocycles. The maximum atomic E-state index is 11.4. The molecule has 0 fully saturated rings. The van der Waals surface area contributed by atoms with E-state index in [-0.39, 0.29) is 5.24 Å². The lowest BCUT2D eigenvalue weighted by Crippen LogP contribution is -2.25. The number of rotatable bonds is 2. The highest BCUT2D eigenvalue weighted by Gasteiger charge is 2.28. The van der Waals surface area contributed by atoms with Gasteiger partial charge < -0.3 is 0 Å². The molecule has 2 rings (SSSR count). The summed E-state index contributed by atoms with van der Waals surface area (Å²) in [4.78, 5) is 11.4. The van der Waals surface area contributed by atoms with Gasteiger partial charge in [0.2, 0.25) is 5.24 Å². The van der Waals surface area contributed by atoms with Crippen LogP contribution in [0.5, 0.6) is 0 Å². The van der Waals surface area contributed by atoms with Crippen molar-refractivity contribution in [3.8, 4) is 0 Å². The topological polar surface area (TPSA) is 17.1 Å². The van der Waals surface area contributed by atoms with Crippen molar-refractivity contribution in [2.45, 2.75) is 44.9 Å². The molecule has 1 aromatic carbocycles. The monoisotopic (exact) mass is 236 g/mol. The minimum absolute atomic E-state index is 0.289. The zero-order valence-corrected chi connectivity index (χ0v) is 10.6. The Labute approximate surface area is 102 Å². The predicted molar refractivity (Wildman–Crippen MR) is 67.0 cm³/mol. The van der Waals surface area contributed by atoms with E-state index in [2.05, 4.69) is 12.1 Å². The van der Waals surface area contributed by atoms with Crippen LogP contribution in [0.3, 0.4) is 0 Å². The van der Waals surface area contributed by atoms with Crippen LogP contribution in [0.25, 0.3) is 0 Å². The highest BCUT2D eigenvalue weighted by Crippen LogP contribution is 2.30. The van der Waals surface area contributed by atoms with E-state index in [0.29, 0.717) is 0 Å². The molecule has 1 aliphatic rings. The van der Waals surface area contributed by atoms with Crippen LogP contribution in [0.1, 0.15) is 43.4 Å². The van der Waals surface area contributed by atoms with Gasteiger partial charge in [0, 0.05) is 0 Å². The molecule has 1 aliphatic carbocycles. The van der Waals surface area contributed by atoms with E-state index < -0.39 is 5.41 Å². The van der Waals surface area contributed by atoms with Gasteiger partial charge in [-0.25, -0.2) is 0 Å². The highest BCUT2D eigenvalue weighted by molar-refractivity contribution is 6.65. The number of hydrogen-bond donors (Lipinski definition) is 0. The third-order valence-electron chi connectivity index (χ3n) is 3.56. The van der Waals surface area contributed by atoms with Crippen LogP contribution < -0.4 is 0 Å². The van der Waals surface area contributed by atoms with Crippen LogP contribution in [0.2, 0.25) is 0 Å². The second kappa shape index (κ2) is 4.21. The maximum Gasteiger partial charge on any atom is 0.231 e. The first-order valence-electron chi connectivity index (χ1n) is 5.84. The van der Waals surface area contributed by atoms with Gasteiger partial charge in [-0.05, 0) is 67.8 Å². The summed E-state index contributed by atoms with van der Waals surface area (Å²) in [5, 5.41) is -0.289. The van der Waals surface area contributed by atoms with Crippen LogP contribution in [0.4, 0.5) is 0 Å². The third-order valence-corrected chi connectivity index (χ3v) is 4.03. The molecule has 0 saturated heterocycles. The van der Waals surface area contributed by atoms with Crippen molar-refractivity contribution in [2.75, 3.05) is 0 Å². The summed E-state index contributed by atoms with van der Waals surface area (Å²) in [6.07, 6.45) is 4.84. The average molecular weight is 237 g/mol.